The smallest absolute Gasteiger partial charge is 0.151 e. The maximum atomic E-state index is 11.4. The third kappa shape index (κ3) is 4.66. The molecule has 1 heterocycles. The summed E-state index contributed by atoms with van der Waals surface area (Å²) in [6.07, 6.45) is 3.30. The summed E-state index contributed by atoms with van der Waals surface area (Å²) in [4.78, 5) is 8.36. The second-order valence-corrected chi connectivity index (χ2v) is 6.69. The molecule has 0 aliphatic rings. The molecule has 0 amide bonds. The summed E-state index contributed by atoms with van der Waals surface area (Å²) >= 11 is 0. The molecule has 0 aliphatic carbocycles. The van der Waals surface area contributed by atoms with Gasteiger partial charge in [-0.2, -0.15) is 0 Å². The summed E-state index contributed by atoms with van der Waals surface area (Å²) in [7, 11) is -1.14. The van der Waals surface area contributed by atoms with Crippen molar-refractivity contribution < 1.29 is 8.42 Å². The second kappa shape index (κ2) is 7.28. The van der Waals surface area contributed by atoms with Crippen LogP contribution in [0.25, 0.3) is 0 Å². The SMILES string of the molecule is CCCc1c(NC)ncnc1NCCS(=O)(=O)CC. The predicted molar refractivity (Wildman–Crippen MR) is 78.4 cm³/mol. The van der Waals surface area contributed by atoms with Crippen LogP contribution in [0.5, 0.6) is 0 Å². The molecular weight excluding hydrogens is 264 g/mol. The summed E-state index contributed by atoms with van der Waals surface area (Å²) in [5, 5.41) is 6.12. The minimum atomic E-state index is -2.95. The molecule has 0 saturated carbocycles. The fraction of sp³-hybridized carbons (Fsp3) is 0.667. The molecule has 0 atom stereocenters. The summed E-state index contributed by atoms with van der Waals surface area (Å²) in [5.74, 6) is 1.79. The number of rotatable bonds is 8. The number of nitrogens with one attached hydrogen (secondary N) is 2. The summed E-state index contributed by atoms with van der Waals surface area (Å²) in [5.41, 5.74) is 1.00. The van der Waals surface area contributed by atoms with Crippen molar-refractivity contribution in [2.75, 3.05) is 35.7 Å². The highest BCUT2D eigenvalue weighted by molar-refractivity contribution is 7.91. The van der Waals surface area contributed by atoms with Gasteiger partial charge in [0.25, 0.3) is 0 Å². The summed E-state index contributed by atoms with van der Waals surface area (Å²) in [6.45, 7) is 4.10. The van der Waals surface area contributed by atoms with E-state index in [9.17, 15) is 8.42 Å². The molecule has 0 saturated heterocycles. The van der Waals surface area contributed by atoms with Gasteiger partial charge in [0.15, 0.2) is 9.84 Å². The second-order valence-electron chi connectivity index (χ2n) is 4.21. The van der Waals surface area contributed by atoms with Crippen LogP contribution < -0.4 is 10.6 Å². The van der Waals surface area contributed by atoms with E-state index in [0.29, 0.717) is 12.4 Å². The standard InChI is InChI=1S/C12H22N4O2S/c1-4-6-10-11(13-3)15-9-16-12(10)14-7-8-19(17,18)5-2/h9H,4-8H2,1-3H3,(H2,13,14,15,16). The molecule has 0 spiro atoms. The van der Waals surface area contributed by atoms with Crippen LogP contribution in [0.1, 0.15) is 25.8 Å². The van der Waals surface area contributed by atoms with Crippen molar-refractivity contribution in [1.82, 2.24) is 9.97 Å². The molecule has 0 radical (unpaired) electrons. The molecule has 2 N–H and O–H groups in total. The van der Waals surface area contributed by atoms with Crippen molar-refractivity contribution in [3.63, 3.8) is 0 Å². The van der Waals surface area contributed by atoms with Crippen LogP contribution in [0.15, 0.2) is 6.33 Å². The highest BCUT2D eigenvalue weighted by Gasteiger charge is 2.11. The van der Waals surface area contributed by atoms with Gasteiger partial charge in [0.1, 0.15) is 18.0 Å². The van der Waals surface area contributed by atoms with E-state index in [1.807, 2.05) is 7.05 Å². The first kappa shape index (κ1) is 15.7. The summed E-state index contributed by atoms with van der Waals surface area (Å²) < 4.78 is 22.9. The highest BCUT2D eigenvalue weighted by Crippen LogP contribution is 2.20. The first-order valence-electron chi connectivity index (χ1n) is 6.50. The first-order chi connectivity index (χ1) is 9.04. The van der Waals surface area contributed by atoms with E-state index in [0.717, 1.165) is 24.2 Å². The van der Waals surface area contributed by atoms with E-state index in [2.05, 4.69) is 27.5 Å². The van der Waals surface area contributed by atoms with Crippen molar-refractivity contribution in [2.24, 2.45) is 0 Å². The van der Waals surface area contributed by atoms with Gasteiger partial charge in [0.05, 0.1) is 5.75 Å². The van der Waals surface area contributed by atoms with E-state index in [1.165, 1.54) is 6.33 Å². The average molecular weight is 286 g/mol. The quantitative estimate of drug-likeness (QED) is 0.750. The monoisotopic (exact) mass is 286 g/mol. The van der Waals surface area contributed by atoms with Gasteiger partial charge in [-0.1, -0.05) is 20.3 Å². The Morgan fingerprint density at radius 1 is 1.21 bits per heavy atom. The van der Waals surface area contributed by atoms with Gasteiger partial charge in [-0.05, 0) is 6.42 Å². The van der Waals surface area contributed by atoms with Crippen molar-refractivity contribution in [2.45, 2.75) is 26.7 Å². The number of anilines is 2. The molecule has 0 aromatic carbocycles. The largest absolute Gasteiger partial charge is 0.373 e. The minimum absolute atomic E-state index is 0.119. The lowest BCUT2D eigenvalue weighted by molar-refractivity contribution is 0.597. The predicted octanol–water partition coefficient (Wildman–Crippen LogP) is 1.32. The van der Waals surface area contributed by atoms with E-state index < -0.39 is 9.84 Å². The minimum Gasteiger partial charge on any atom is -0.373 e. The van der Waals surface area contributed by atoms with Crippen molar-refractivity contribution in [3.8, 4) is 0 Å². The maximum Gasteiger partial charge on any atom is 0.151 e. The molecule has 1 rings (SSSR count). The first-order valence-corrected chi connectivity index (χ1v) is 8.32. The Morgan fingerprint density at radius 3 is 2.47 bits per heavy atom. The molecule has 0 bridgehead atoms. The molecule has 0 fully saturated rings. The average Bonchev–Trinajstić information content (AvgIpc) is 2.40. The van der Waals surface area contributed by atoms with Crippen LogP contribution in [0.4, 0.5) is 11.6 Å². The molecule has 1 aromatic rings. The number of aromatic nitrogens is 2. The lowest BCUT2D eigenvalue weighted by Gasteiger charge is -2.13. The van der Waals surface area contributed by atoms with Crippen molar-refractivity contribution in [3.05, 3.63) is 11.9 Å². The number of sulfone groups is 1. The molecule has 0 unspecified atom stereocenters. The van der Waals surface area contributed by atoms with Crippen LogP contribution in [0.3, 0.4) is 0 Å². The van der Waals surface area contributed by atoms with Crippen molar-refractivity contribution in [1.29, 1.82) is 0 Å². The van der Waals surface area contributed by atoms with Gasteiger partial charge in [0.2, 0.25) is 0 Å². The Bertz CT molecular complexity index is 502. The molecule has 108 valence electrons. The molecule has 1 aromatic heterocycles. The highest BCUT2D eigenvalue weighted by atomic mass is 32.2. The lowest BCUT2D eigenvalue weighted by atomic mass is 10.1. The molecular formula is C12H22N4O2S. The van der Waals surface area contributed by atoms with Gasteiger partial charge >= 0.3 is 0 Å². The van der Waals surface area contributed by atoms with E-state index in [-0.39, 0.29) is 11.5 Å². The van der Waals surface area contributed by atoms with Crippen LogP contribution in [-0.2, 0) is 16.3 Å². The Balaban J connectivity index is 2.77. The zero-order valence-corrected chi connectivity index (χ0v) is 12.5. The Hall–Kier alpha value is -1.37. The fourth-order valence-corrected chi connectivity index (χ4v) is 2.44. The van der Waals surface area contributed by atoms with Gasteiger partial charge in [0, 0.05) is 24.9 Å². The van der Waals surface area contributed by atoms with Gasteiger partial charge in [-0.3, -0.25) is 0 Å². The van der Waals surface area contributed by atoms with Crippen LogP contribution >= 0.6 is 0 Å². The van der Waals surface area contributed by atoms with E-state index in [1.54, 1.807) is 6.92 Å². The third-order valence-corrected chi connectivity index (χ3v) is 4.53. The summed E-state index contributed by atoms with van der Waals surface area (Å²) in [6, 6.07) is 0. The van der Waals surface area contributed by atoms with Gasteiger partial charge in [-0.25, -0.2) is 18.4 Å². The molecule has 6 nitrogen and oxygen atoms in total. The third-order valence-electron chi connectivity index (χ3n) is 2.83. The number of hydrogen-bond acceptors (Lipinski definition) is 6. The van der Waals surface area contributed by atoms with E-state index >= 15 is 0 Å². The Morgan fingerprint density at radius 2 is 1.89 bits per heavy atom. The molecule has 7 heteroatoms. The van der Waals surface area contributed by atoms with Crippen molar-refractivity contribution >= 4 is 21.5 Å². The fourth-order valence-electron chi connectivity index (χ4n) is 1.74. The van der Waals surface area contributed by atoms with Crippen LogP contribution in [-0.4, -0.2) is 43.5 Å². The Labute approximate surface area is 115 Å². The Kier molecular flexibility index (Phi) is 6.01. The zero-order chi connectivity index (χ0) is 14.3. The number of nitrogens with zero attached hydrogens (tertiary/aromatic N) is 2. The van der Waals surface area contributed by atoms with E-state index in [4.69, 9.17) is 0 Å². The molecule has 0 aliphatic heterocycles. The molecule has 19 heavy (non-hydrogen) atoms. The topological polar surface area (TPSA) is 84.0 Å². The lowest BCUT2D eigenvalue weighted by Crippen LogP contribution is -2.18. The normalized spacial score (nSPS) is 11.3. The maximum absolute atomic E-state index is 11.4. The van der Waals surface area contributed by atoms with Gasteiger partial charge < -0.3 is 10.6 Å². The van der Waals surface area contributed by atoms with Gasteiger partial charge in [-0.15, -0.1) is 0 Å². The number of hydrogen-bond donors (Lipinski definition) is 2. The van der Waals surface area contributed by atoms with Crippen LogP contribution in [0.2, 0.25) is 0 Å². The zero-order valence-electron chi connectivity index (χ0n) is 11.7. The van der Waals surface area contributed by atoms with Crippen LogP contribution in [0, 0.1) is 0 Å².